The van der Waals surface area contributed by atoms with Crippen LogP contribution in [0.4, 0.5) is 0 Å². The van der Waals surface area contributed by atoms with Crippen LogP contribution in [-0.2, 0) is 16.5 Å². The number of aryl methyl sites for hydroxylation is 1. The number of unbranched alkanes of at least 4 members (excludes halogenated alkanes) is 24. The van der Waals surface area contributed by atoms with Crippen molar-refractivity contribution in [1.82, 2.24) is 0 Å². The van der Waals surface area contributed by atoms with Crippen molar-refractivity contribution in [2.45, 2.75) is 179 Å². The van der Waals surface area contributed by atoms with Crippen LogP contribution in [0.1, 0.15) is 173 Å². The van der Waals surface area contributed by atoms with Crippen LogP contribution in [-0.4, -0.2) is 13.0 Å². The molecule has 5 heteroatoms. The molecule has 3 nitrogen and oxygen atoms in total. The van der Waals surface area contributed by atoms with E-state index in [9.17, 15) is 13.0 Å². The van der Waals surface area contributed by atoms with E-state index in [1.54, 1.807) is 12.1 Å². The largest absolute Gasteiger partial charge is 1.00 e. The van der Waals surface area contributed by atoms with Crippen molar-refractivity contribution in [3.63, 3.8) is 0 Å². The zero-order valence-electron chi connectivity index (χ0n) is 25.3. The molecule has 0 heterocycles. The summed E-state index contributed by atoms with van der Waals surface area (Å²) in [5.74, 6) is 0. The molecule has 0 fully saturated rings. The summed E-state index contributed by atoms with van der Waals surface area (Å²) in [7, 11) is -4.33. The van der Waals surface area contributed by atoms with Crippen LogP contribution in [0.5, 0.6) is 0 Å². The Kier molecular flexibility index (Phi) is 27.4. The molecular formula is C33H59NaO3S. The van der Waals surface area contributed by atoms with E-state index in [4.69, 9.17) is 0 Å². The van der Waals surface area contributed by atoms with Crippen molar-refractivity contribution >= 4 is 10.1 Å². The van der Waals surface area contributed by atoms with Crippen LogP contribution in [0.3, 0.4) is 0 Å². The van der Waals surface area contributed by atoms with E-state index >= 15 is 0 Å². The van der Waals surface area contributed by atoms with E-state index in [1.807, 2.05) is 0 Å². The predicted octanol–water partition coefficient (Wildman–Crippen LogP) is 7.91. The van der Waals surface area contributed by atoms with Gasteiger partial charge in [-0.25, -0.2) is 8.42 Å². The SMILES string of the molecule is CCCCCCCCCCCCCCCCCCCCCCCCCCCc1ccc(S(=O)(=O)[O-])cc1.[Na+]. The first kappa shape index (κ1) is 38.1. The van der Waals surface area contributed by atoms with Crippen molar-refractivity contribution in [2.75, 3.05) is 0 Å². The van der Waals surface area contributed by atoms with Crippen LogP contribution >= 0.6 is 0 Å². The third-order valence-corrected chi connectivity index (χ3v) is 8.63. The molecule has 0 aliphatic heterocycles. The fourth-order valence-electron chi connectivity index (χ4n) is 5.29. The molecule has 0 saturated heterocycles. The second kappa shape index (κ2) is 27.3. The normalized spacial score (nSPS) is 11.5. The van der Waals surface area contributed by atoms with Gasteiger partial charge >= 0.3 is 29.6 Å². The molecule has 0 amide bonds. The number of hydrogen-bond acceptors (Lipinski definition) is 3. The van der Waals surface area contributed by atoms with Crippen molar-refractivity contribution in [3.8, 4) is 0 Å². The molecule has 38 heavy (non-hydrogen) atoms. The standard InChI is InChI=1S/C33H60O3S.Na/c1-2-3-4-5-6-7-8-9-10-11-12-13-14-15-16-17-18-19-20-21-22-23-24-25-26-27-32-28-30-33(31-29-32)37(34,35)36;/h28-31H,2-27H2,1H3,(H,34,35,36);/q;+1/p-1. The Morgan fingerprint density at radius 2 is 0.737 bits per heavy atom. The Morgan fingerprint density at radius 1 is 0.474 bits per heavy atom. The summed E-state index contributed by atoms with van der Waals surface area (Å²) >= 11 is 0. The minimum atomic E-state index is -4.33. The van der Waals surface area contributed by atoms with Crippen molar-refractivity contribution in [1.29, 1.82) is 0 Å². The van der Waals surface area contributed by atoms with E-state index in [2.05, 4.69) is 6.92 Å². The molecule has 0 unspecified atom stereocenters. The summed E-state index contributed by atoms with van der Waals surface area (Å²) in [6.07, 6.45) is 36.0. The molecule has 0 aromatic heterocycles. The van der Waals surface area contributed by atoms with Gasteiger partial charge in [0.1, 0.15) is 10.1 Å². The molecule has 0 saturated carbocycles. The van der Waals surface area contributed by atoms with Gasteiger partial charge in [-0.1, -0.05) is 173 Å². The molecule has 0 spiro atoms. The molecule has 0 atom stereocenters. The quantitative estimate of drug-likeness (QED) is 0.0626. The van der Waals surface area contributed by atoms with Gasteiger partial charge in [0.15, 0.2) is 0 Å². The molecule has 0 bridgehead atoms. The van der Waals surface area contributed by atoms with Gasteiger partial charge < -0.3 is 4.55 Å². The molecule has 1 rings (SSSR count). The molecule has 0 radical (unpaired) electrons. The Hall–Kier alpha value is 0.130. The molecule has 216 valence electrons. The summed E-state index contributed by atoms with van der Waals surface area (Å²) in [5, 5.41) is 0. The average molecular weight is 559 g/mol. The number of rotatable bonds is 27. The summed E-state index contributed by atoms with van der Waals surface area (Å²) in [4.78, 5) is -0.133. The maximum atomic E-state index is 11.0. The van der Waals surface area contributed by atoms with Crippen LogP contribution < -0.4 is 29.6 Å². The smallest absolute Gasteiger partial charge is 0.744 e. The van der Waals surface area contributed by atoms with Gasteiger partial charge in [-0.3, -0.25) is 0 Å². The summed E-state index contributed by atoms with van der Waals surface area (Å²) in [6.45, 7) is 2.29. The van der Waals surface area contributed by atoms with E-state index in [1.165, 1.54) is 166 Å². The monoisotopic (exact) mass is 558 g/mol. The Balaban J connectivity index is 0.0000137. The Morgan fingerprint density at radius 3 is 1.00 bits per heavy atom. The summed E-state index contributed by atoms with van der Waals surface area (Å²) < 4.78 is 32.9. The minimum absolute atomic E-state index is 0. The molecule has 0 N–H and O–H groups in total. The maximum absolute atomic E-state index is 11.0. The van der Waals surface area contributed by atoms with Gasteiger partial charge in [-0.15, -0.1) is 0 Å². The van der Waals surface area contributed by atoms with Crippen LogP contribution in [0, 0.1) is 0 Å². The number of benzene rings is 1. The van der Waals surface area contributed by atoms with Gasteiger partial charge in [-0.2, -0.15) is 0 Å². The van der Waals surface area contributed by atoms with Gasteiger partial charge in [0.2, 0.25) is 0 Å². The second-order valence-electron chi connectivity index (χ2n) is 11.3. The van der Waals surface area contributed by atoms with E-state index < -0.39 is 10.1 Å². The van der Waals surface area contributed by atoms with Gasteiger partial charge in [0, 0.05) is 0 Å². The van der Waals surface area contributed by atoms with E-state index in [0.717, 1.165) is 18.4 Å². The fourth-order valence-corrected chi connectivity index (χ4v) is 5.76. The molecule has 1 aromatic rings. The number of hydrogen-bond donors (Lipinski definition) is 0. The summed E-state index contributed by atoms with van der Waals surface area (Å²) in [5.41, 5.74) is 1.11. The first-order valence-corrected chi connectivity index (χ1v) is 17.5. The fraction of sp³-hybridized carbons (Fsp3) is 0.818. The van der Waals surface area contributed by atoms with Crippen LogP contribution in [0.15, 0.2) is 29.2 Å². The first-order chi connectivity index (χ1) is 18.0. The summed E-state index contributed by atoms with van der Waals surface area (Å²) in [6, 6.07) is 6.39. The second-order valence-corrected chi connectivity index (χ2v) is 12.7. The average Bonchev–Trinajstić information content (AvgIpc) is 2.88. The third kappa shape index (κ3) is 24.0. The Bertz CT molecular complexity index is 718. The van der Waals surface area contributed by atoms with Gasteiger partial charge in [-0.05, 0) is 30.5 Å². The van der Waals surface area contributed by atoms with Gasteiger partial charge in [0.25, 0.3) is 0 Å². The third-order valence-electron chi connectivity index (χ3n) is 7.78. The molecular weight excluding hydrogens is 499 g/mol. The van der Waals surface area contributed by atoms with Crippen LogP contribution in [0.25, 0.3) is 0 Å². The Labute approximate surface area is 259 Å². The maximum Gasteiger partial charge on any atom is 1.00 e. The molecule has 1 aromatic carbocycles. The zero-order chi connectivity index (χ0) is 26.9. The van der Waals surface area contributed by atoms with Crippen molar-refractivity contribution in [3.05, 3.63) is 29.8 Å². The van der Waals surface area contributed by atoms with Gasteiger partial charge in [0.05, 0.1) is 4.90 Å². The van der Waals surface area contributed by atoms with Crippen molar-refractivity contribution < 1.29 is 42.5 Å². The molecule has 0 aliphatic rings. The predicted molar refractivity (Wildman–Crippen MR) is 159 cm³/mol. The molecule has 0 aliphatic carbocycles. The van der Waals surface area contributed by atoms with E-state index in [-0.39, 0.29) is 34.5 Å². The van der Waals surface area contributed by atoms with E-state index in [0.29, 0.717) is 0 Å². The zero-order valence-corrected chi connectivity index (χ0v) is 28.1. The van der Waals surface area contributed by atoms with Crippen molar-refractivity contribution in [2.24, 2.45) is 0 Å². The van der Waals surface area contributed by atoms with Crippen LogP contribution in [0.2, 0.25) is 0 Å². The first-order valence-electron chi connectivity index (χ1n) is 16.1. The topological polar surface area (TPSA) is 57.2 Å². The minimum Gasteiger partial charge on any atom is -0.744 e.